The van der Waals surface area contributed by atoms with E-state index in [4.69, 9.17) is 5.73 Å². The van der Waals surface area contributed by atoms with E-state index >= 15 is 0 Å². The van der Waals surface area contributed by atoms with Gasteiger partial charge in [0.15, 0.2) is 0 Å². The third-order valence-corrected chi connectivity index (χ3v) is 4.29. The number of amides is 1. The molecule has 1 atom stereocenters. The van der Waals surface area contributed by atoms with Gasteiger partial charge in [0.2, 0.25) is 5.91 Å². The van der Waals surface area contributed by atoms with Gasteiger partial charge in [-0.15, -0.1) is 12.4 Å². The number of nitrogens with zero attached hydrogens (tertiary/aromatic N) is 1. The van der Waals surface area contributed by atoms with Crippen LogP contribution in [0.3, 0.4) is 0 Å². The normalized spacial score (nSPS) is 18.6. The van der Waals surface area contributed by atoms with Crippen molar-refractivity contribution < 1.29 is 4.79 Å². The Kier molecular flexibility index (Phi) is 7.87. The molecule has 1 fully saturated rings. The number of nitrogens with one attached hydrogen (secondary N) is 1. The molecule has 5 heteroatoms. The van der Waals surface area contributed by atoms with Gasteiger partial charge in [-0.25, -0.2) is 0 Å². The fourth-order valence-corrected chi connectivity index (χ4v) is 3.16. The summed E-state index contributed by atoms with van der Waals surface area (Å²) in [5, 5.41) is 3.07. The van der Waals surface area contributed by atoms with E-state index in [9.17, 15) is 4.79 Å². The van der Waals surface area contributed by atoms with E-state index in [0.717, 1.165) is 42.9 Å². The number of anilines is 1. The Morgan fingerprint density at radius 1 is 1.36 bits per heavy atom. The number of carbonyl (C=O) groups excluding carboxylic acids is 1. The van der Waals surface area contributed by atoms with Crippen LogP contribution in [-0.2, 0) is 4.79 Å². The molecular weight excluding hydrogens is 298 g/mol. The van der Waals surface area contributed by atoms with Gasteiger partial charge >= 0.3 is 0 Å². The number of hydrogen-bond acceptors (Lipinski definition) is 3. The molecular formula is C17H28ClN3O. The van der Waals surface area contributed by atoms with Gasteiger partial charge in [-0.1, -0.05) is 18.2 Å². The summed E-state index contributed by atoms with van der Waals surface area (Å²) in [4.78, 5) is 14.5. The Bertz CT molecular complexity index is 471. The SMILES string of the molecule is Cc1cccc(C)c1NC(=O)CN1CCCC(CCN)C1.Cl. The van der Waals surface area contributed by atoms with Crippen LogP contribution in [-0.4, -0.2) is 37.0 Å². The number of carbonyl (C=O) groups is 1. The Morgan fingerprint density at radius 3 is 2.68 bits per heavy atom. The van der Waals surface area contributed by atoms with Crippen molar-refractivity contribution in [2.75, 3.05) is 31.5 Å². The molecule has 0 radical (unpaired) electrons. The third-order valence-electron chi connectivity index (χ3n) is 4.29. The summed E-state index contributed by atoms with van der Waals surface area (Å²) < 4.78 is 0. The Balaban J connectivity index is 0.00000242. The summed E-state index contributed by atoms with van der Waals surface area (Å²) in [5.74, 6) is 0.734. The summed E-state index contributed by atoms with van der Waals surface area (Å²) in [6, 6.07) is 6.07. The maximum Gasteiger partial charge on any atom is 0.238 e. The summed E-state index contributed by atoms with van der Waals surface area (Å²) in [6.45, 7) is 7.29. The fourth-order valence-electron chi connectivity index (χ4n) is 3.16. The monoisotopic (exact) mass is 325 g/mol. The van der Waals surface area contributed by atoms with Gasteiger partial charge in [-0.05, 0) is 63.2 Å². The van der Waals surface area contributed by atoms with Crippen LogP contribution >= 0.6 is 12.4 Å². The molecule has 1 unspecified atom stereocenters. The van der Waals surface area contributed by atoms with Crippen molar-refractivity contribution >= 4 is 24.0 Å². The molecule has 2 rings (SSSR count). The number of para-hydroxylation sites is 1. The number of halogens is 1. The van der Waals surface area contributed by atoms with E-state index in [-0.39, 0.29) is 18.3 Å². The minimum absolute atomic E-state index is 0. The number of nitrogens with two attached hydrogens (primary N) is 1. The molecule has 1 aromatic carbocycles. The lowest BCUT2D eigenvalue weighted by molar-refractivity contribution is -0.117. The first-order valence-electron chi connectivity index (χ1n) is 7.88. The molecule has 4 nitrogen and oxygen atoms in total. The molecule has 1 aliphatic heterocycles. The Hall–Kier alpha value is -1.10. The second kappa shape index (κ2) is 9.13. The minimum Gasteiger partial charge on any atom is -0.330 e. The molecule has 1 amide bonds. The average Bonchev–Trinajstić information content (AvgIpc) is 2.44. The van der Waals surface area contributed by atoms with Crippen molar-refractivity contribution in [2.24, 2.45) is 11.7 Å². The zero-order valence-corrected chi connectivity index (χ0v) is 14.4. The number of benzene rings is 1. The van der Waals surface area contributed by atoms with Crippen molar-refractivity contribution in [1.29, 1.82) is 0 Å². The maximum atomic E-state index is 12.3. The highest BCUT2D eigenvalue weighted by atomic mass is 35.5. The number of rotatable bonds is 5. The second-order valence-electron chi connectivity index (χ2n) is 6.14. The first-order chi connectivity index (χ1) is 10.1. The summed E-state index contributed by atoms with van der Waals surface area (Å²) in [7, 11) is 0. The summed E-state index contributed by atoms with van der Waals surface area (Å²) in [5.41, 5.74) is 8.83. The number of hydrogen-bond donors (Lipinski definition) is 2. The lowest BCUT2D eigenvalue weighted by Crippen LogP contribution is -2.41. The average molecular weight is 326 g/mol. The quantitative estimate of drug-likeness (QED) is 0.875. The maximum absolute atomic E-state index is 12.3. The van der Waals surface area contributed by atoms with Gasteiger partial charge in [0.05, 0.1) is 6.54 Å². The summed E-state index contributed by atoms with van der Waals surface area (Å²) >= 11 is 0. The van der Waals surface area contributed by atoms with Gasteiger partial charge in [0, 0.05) is 12.2 Å². The zero-order valence-electron chi connectivity index (χ0n) is 13.6. The van der Waals surface area contributed by atoms with E-state index in [1.54, 1.807) is 0 Å². The van der Waals surface area contributed by atoms with Crippen LogP contribution in [0.5, 0.6) is 0 Å². The van der Waals surface area contributed by atoms with Gasteiger partial charge in [-0.2, -0.15) is 0 Å². The highest BCUT2D eigenvalue weighted by Crippen LogP contribution is 2.21. The highest BCUT2D eigenvalue weighted by Gasteiger charge is 2.21. The van der Waals surface area contributed by atoms with E-state index < -0.39 is 0 Å². The van der Waals surface area contributed by atoms with Crippen LogP contribution in [0.15, 0.2) is 18.2 Å². The van der Waals surface area contributed by atoms with Gasteiger partial charge in [-0.3, -0.25) is 9.69 Å². The molecule has 124 valence electrons. The van der Waals surface area contributed by atoms with Crippen LogP contribution in [0.25, 0.3) is 0 Å². The standard InChI is InChI=1S/C17H27N3O.ClH/c1-13-5-3-6-14(2)17(13)19-16(21)12-20-10-4-7-15(11-20)8-9-18;/h3,5-6,15H,4,7-12,18H2,1-2H3,(H,19,21);1H. The van der Waals surface area contributed by atoms with Crippen molar-refractivity contribution in [3.63, 3.8) is 0 Å². The minimum atomic E-state index is 0. The van der Waals surface area contributed by atoms with Crippen LogP contribution in [0, 0.1) is 19.8 Å². The molecule has 22 heavy (non-hydrogen) atoms. The molecule has 0 spiro atoms. The highest BCUT2D eigenvalue weighted by molar-refractivity contribution is 5.93. The van der Waals surface area contributed by atoms with Crippen LogP contribution in [0.2, 0.25) is 0 Å². The molecule has 1 aromatic rings. The fraction of sp³-hybridized carbons (Fsp3) is 0.588. The predicted octanol–water partition coefficient (Wildman–Crippen LogP) is 2.72. The molecule has 1 aliphatic rings. The third kappa shape index (κ3) is 5.27. The molecule has 0 aliphatic carbocycles. The van der Waals surface area contributed by atoms with Crippen LogP contribution in [0.4, 0.5) is 5.69 Å². The first-order valence-corrected chi connectivity index (χ1v) is 7.88. The molecule has 0 bridgehead atoms. The lowest BCUT2D eigenvalue weighted by Gasteiger charge is -2.32. The lowest BCUT2D eigenvalue weighted by atomic mass is 9.95. The molecule has 3 N–H and O–H groups in total. The number of likely N-dealkylation sites (tertiary alicyclic amines) is 1. The molecule has 1 saturated heterocycles. The van der Waals surface area contributed by atoms with Crippen LogP contribution in [0.1, 0.15) is 30.4 Å². The second-order valence-corrected chi connectivity index (χ2v) is 6.14. The van der Waals surface area contributed by atoms with E-state index in [1.807, 2.05) is 32.0 Å². The van der Waals surface area contributed by atoms with Crippen molar-refractivity contribution in [1.82, 2.24) is 4.90 Å². The zero-order chi connectivity index (χ0) is 15.2. The van der Waals surface area contributed by atoms with E-state index in [0.29, 0.717) is 12.5 Å². The molecule has 0 aromatic heterocycles. The number of piperidine rings is 1. The molecule has 0 saturated carbocycles. The summed E-state index contributed by atoms with van der Waals surface area (Å²) in [6.07, 6.45) is 3.47. The molecule has 1 heterocycles. The van der Waals surface area contributed by atoms with E-state index in [2.05, 4.69) is 10.2 Å². The predicted molar refractivity (Wildman–Crippen MR) is 94.6 cm³/mol. The topological polar surface area (TPSA) is 58.4 Å². The van der Waals surface area contributed by atoms with Crippen molar-refractivity contribution in [3.05, 3.63) is 29.3 Å². The van der Waals surface area contributed by atoms with E-state index in [1.165, 1.54) is 12.8 Å². The van der Waals surface area contributed by atoms with Gasteiger partial charge in [0.25, 0.3) is 0 Å². The largest absolute Gasteiger partial charge is 0.330 e. The number of aryl methyl sites for hydroxylation is 2. The first kappa shape index (κ1) is 18.9. The Labute approximate surface area is 139 Å². The Morgan fingerprint density at radius 2 is 2.05 bits per heavy atom. The van der Waals surface area contributed by atoms with Crippen LogP contribution < -0.4 is 11.1 Å². The van der Waals surface area contributed by atoms with Gasteiger partial charge in [0.1, 0.15) is 0 Å². The smallest absolute Gasteiger partial charge is 0.238 e. The van der Waals surface area contributed by atoms with Crippen molar-refractivity contribution in [3.8, 4) is 0 Å². The van der Waals surface area contributed by atoms with Gasteiger partial charge < -0.3 is 11.1 Å². The van der Waals surface area contributed by atoms with Crippen molar-refractivity contribution in [2.45, 2.75) is 33.1 Å².